The Morgan fingerprint density at radius 3 is 0.986 bits per heavy atom. The van der Waals surface area contributed by atoms with Gasteiger partial charge in [0, 0.05) is 79.4 Å². The summed E-state index contributed by atoms with van der Waals surface area (Å²) in [7, 11) is 0. The van der Waals surface area contributed by atoms with Crippen LogP contribution in [-0.2, 0) is 25.7 Å². The summed E-state index contributed by atoms with van der Waals surface area (Å²) in [6.45, 7) is 9.21. The summed E-state index contributed by atoms with van der Waals surface area (Å²) in [4.78, 5) is 19.4. The first kappa shape index (κ1) is 53.1. The SMILES string of the molecule is CCCCCCc1ccsc1-c1ccc(-c2ccc(-c3sc(-c4ccc(-c5cc(CCCCCC)c(-c6ccc(-c7ccc(-c8sccc8CCCCCC)s7)s6)s5)c5nsnc45)cc3CCCCCC)s2)s1. The highest BCUT2D eigenvalue weighted by Crippen LogP contribution is 2.50. The normalized spacial score (nSPS) is 11.8. The fraction of sp³-hybridized carbons (Fsp3) is 0.387. The minimum atomic E-state index is 1.03. The first-order valence-corrected chi connectivity index (χ1v) is 34.5. The van der Waals surface area contributed by atoms with E-state index in [9.17, 15) is 0 Å². The van der Waals surface area contributed by atoms with Crippen molar-refractivity contribution in [2.45, 2.75) is 156 Å². The van der Waals surface area contributed by atoms with Crippen molar-refractivity contribution in [2.24, 2.45) is 0 Å². The fourth-order valence-corrected chi connectivity index (χ4v) is 19.8. The van der Waals surface area contributed by atoms with Crippen molar-refractivity contribution >= 4 is 113 Å². The molecule has 380 valence electrons. The largest absolute Gasteiger partial charge is 0.172 e. The second-order valence-corrected chi connectivity index (χ2v) is 28.3. The smallest absolute Gasteiger partial charge is 0.114 e. The third kappa shape index (κ3) is 12.6. The summed E-state index contributed by atoms with van der Waals surface area (Å²) in [5.74, 6) is 0. The highest BCUT2D eigenvalue weighted by atomic mass is 32.1. The van der Waals surface area contributed by atoms with Gasteiger partial charge in [0.25, 0.3) is 0 Å². The van der Waals surface area contributed by atoms with Gasteiger partial charge in [-0.2, -0.15) is 8.75 Å². The van der Waals surface area contributed by atoms with E-state index in [2.05, 4.69) is 123 Å². The minimum absolute atomic E-state index is 1.03. The zero-order valence-electron chi connectivity index (χ0n) is 42.9. The van der Waals surface area contributed by atoms with Crippen LogP contribution in [0.5, 0.6) is 0 Å². The number of unbranched alkanes of at least 4 members (excludes halogenated alkanes) is 12. The first-order valence-electron chi connectivity index (χ1n) is 27.1. The molecule has 10 aromatic rings. The van der Waals surface area contributed by atoms with E-state index < -0.39 is 0 Å². The predicted molar refractivity (Wildman–Crippen MR) is 335 cm³/mol. The molecule has 1 aromatic carbocycles. The van der Waals surface area contributed by atoms with E-state index in [1.54, 1.807) is 0 Å². The van der Waals surface area contributed by atoms with Gasteiger partial charge in [0.2, 0.25) is 0 Å². The van der Waals surface area contributed by atoms with Gasteiger partial charge in [0.15, 0.2) is 0 Å². The molecule has 0 atom stereocenters. The summed E-state index contributed by atoms with van der Waals surface area (Å²) in [5, 5.41) is 4.57. The number of aryl methyl sites for hydroxylation is 4. The van der Waals surface area contributed by atoms with Gasteiger partial charge in [-0.05, 0) is 157 Å². The molecule has 9 aromatic heterocycles. The van der Waals surface area contributed by atoms with Crippen LogP contribution in [0, 0.1) is 0 Å². The van der Waals surface area contributed by atoms with Gasteiger partial charge in [-0.3, -0.25) is 0 Å². The fourth-order valence-electron chi connectivity index (χ4n) is 10.0. The number of hydrogen-bond donors (Lipinski definition) is 0. The second-order valence-electron chi connectivity index (χ2n) is 19.5. The molecule has 9 heterocycles. The first-order chi connectivity index (χ1) is 36.0. The summed E-state index contributed by atoms with van der Waals surface area (Å²) in [6.07, 6.45) is 25.1. The molecule has 73 heavy (non-hydrogen) atoms. The van der Waals surface area contributed by atoms with Crippen LogP contribution in [0.2, 0.25) is 0 Å². The number of thiophene rings is 8. The molecular weight excluding hydrogens is 1060 g/mol. The van der Waals surface area contributed by atoms with E-state index in [0.29, 0.717) is 0 Å². The van der Waals surface area contributed by atoms with Gasteiger partial charge in [0.05, 0.1) is 11.7 Å². The van der Waals surface area contributed by atoms with Crippen molar-refractivity contribution in [3.63, 3.8) is 0 Å². The van der Waals surface area contributed by atoms with Crippen LogP contribution in [-0.4, -0.2) is 8.75 Å². The maximum atomic E-state index is 5.07. The van der Waals surface area contributed by atoms with Gasteiger partial charge >= 0.3 is 0 Å². The average molecular weight is 1130 g/mol. The Kier molecular flexibility index (Phi) is 19.0. The molecule has 2 nitrogen and oxygen atoms in total. The van der Waals surface area contributed by atoms with E-state index in [4.69, 9.17) is 8.75 Å². The lowest BCUT2D eigenvalue weighted by Crippen LogP contribution is -1.86. The molecule has 10 rings (SSSR count). The third-order valence-corrected chi connectivity index (χ3v) is 24.4. The number of benzene rings is 1. The molecule has 0 aliphatic carbocycles. The molecule has 0 spiro atoms. The number of rotatable bonds is 28. The predicted octanol–water partition coefficient (Wildman–Crippen LogP) is 24.0. The van der Waals surface area contributed by atoms with Crippen LogP contribution in [0.4, 0.5) is 0 Å². The Bertz CT molecular complexity index is 3080. The Hall–Kier alpha value is -3.36. The Morgan fingerprint density at radius 2 is 0.630 bits per heavy atom. The highest BCUT2D eigenvalue weighted by molar-refractivity contribution is 7.30. The quantitative estimate of drug-likeness (QED) is 0.0457. The molecule has 11 heteroatoms. The summed E-state index contributed by atoms with van der Waals surface area (Å²) in [6, 6.07) is 33.4. The number of aromatic nitrogens is 2. The Morgan fingerprint density at radius 1 is 0.301 bits per heavy atom. The maximum absolute atomic E-state index is 5.07. The molecule has 0 fully saturated rings. The van der Waals surface area contributed by atoms with E-state index >= 15 is 0 Å². The van der Waals surface area contributed by atoms with E-state index in [0.717, 1.165) is 23.9 Å². The van der Waals surface area contributed by atoms with Gasteiger partial charge in [-0.1, -0.05) is 117 Å². The van der Waals surface area contributed by atoms with E-state index in [1.807, 2.05) is 90.7 Å². The molecule has 0 N–H and O–H groups in total. The van der Waals surface area contributed by atoms with Gasteiger partial charge < -0.3 is 0 Å². The summed E-state index contributed by atoms with van der Waals surface area (Å²) >= 11 is 16.9. The van der Waals surface area contributed by atoms with Crippen molar-refractivity contribution in [1.82, 2.24) is 8.75 Å². The van der Waals surface area contributed by atoms with E-state index in [-0.39, 0.29) is 0 Å². The standard InChI is InChI=1S/C62H68N2S9/c1-5-9-13-17-21-41-35-37-65-59(41)51-31-27-47(67-51)49-29-33-53(69-49)61-43(23-19-15-11-7-3)39-55(71-61)45-25-26-46(58-57(45)63-73-64-58)56-40-44(24-20-16-12-8-4)62(72-56)54-34-30-50(70-54)48-28-32-52(68-48)60-42(36-38-66-60)22-18-14-10-6-2/h25-40H,5-24H2,1-4H3. The molecule has 0 saturated heterocycles. The van der Waals surface area contributed by atoms with Crippen LogP contribution in [0.3, 0.4) is 0 Å². The van der Waals surface area contributed by atoms with Crippen molar-refractivity contribution in [1.29, 1.82) is 0 Å². The average Bonchev–Trinajstić information content (AvgIpc) is 4.25. The molecule has 0 unspecified atom stereocenters. The zero-order valence-corrected chi connectivity index (χ0v) is 50.3. The lowest BCUT2D eigenvalue weighted by atomic mass is 10.0. The molecule has 0 bridgehead atoms. The van der Waals surface area contributed by atoms with Crippen molar-refractivity contribution in [3.8, 4) is 79.4 Å². The van der Waals surface area contributed by atoms with Crippen LogP contribution in [0.1, 0.15) is 153 Å². The lowest BCUT2D eigenvalue weighted by Gasteiger charge is -2.03. The van der Waals surface area contributed by atoms with Crippen LogP contribution >= 0.6 is 102 Å². The van der Waals surface area contributed by atoms with Crippen molar-refractivity contribution in [2.75, 3.05) is 0 Å². The zero-order chi connectivity index (χ0) is 49.9. The molecular formula is C62H68N2S9. The second kappa shape index (κ2) is 26.1. The highest BCUT2D eigenvalue weighted by Gasteiger charge is 2.23. The Labute approximate surface area is 471 Å². The van der Waals surface area contributed by atoms with E-state index in [1.165, 1.54) is 229 Å². The van der Waals surface area contributed by atoms with Gasteiger partial charge in [-0.25, -0.2) is 0 Å². The minimum Gasteiger partial charge on any atom is -0.172 e. The topological polar surface area (TPSA) is 25.8 Å². The number of hydrogen-bond acceptors (Lipinski definition) is 11. The summed E-state index contributed by atoms with van der Waals surface area (Å²) < 4.78 is 10.1. The van der Waals surface area contributed by atoms with Gasteiger partial charge in [-0.15, -0.1) is 90.7 Å². The number of nitrogens with zero attached hydrogens (tertiary/aromatic N) is 2. The summed E-state index contributed by atoms with van der Waals surface area (Å²) in [5.41, 5.74) is 10.5. The van der Waals surface area contributed by atoms with Crippen molar-refractivity contribution in [3.05, 3.63) is 118 Å². The van der Waals surface area contributed by atoms with Crippen molar-refractivity contribution < 1.29 is 0 Å². The van der Waals surface area contributed by atoms with Crippen LogP contribution in [0.25, 0.3) is 90.4 Å². The maximum Gasteiger partial charge on any atom is 0.114 e. The van der Waals surface area contributed by atoms with Gasteiger partial charge in [0.1, 0.15) is 11.0 Å². The molecule has 0 radical (unpaired) electrons. The lowest BCUT2D eigenvalue weighted by molar-refractivity contribution is 0.668. The molecule has 0 amide bonds. The van der Waals surface area contributed by atoms with Crippen LogP contribution in [0.15, 0.2) is 95.7 Å². The number of fused-ring (bicyclic) bond motifs is 1. The molecule has 0 aliphatic rings. The third-order valence-electron chi connectivity index (χ3n) is 14.1. The molecule has 0 saturated carbocycles. The Balaban J connectivity index is 0.923. The molecule has 0 aliphatic heterocycles. The van der Waals surface area contributed by atoms with Crippen LogP contribution < -0.4 is 0 Å². The monoisotopic (exact) mass is 1130 g/mol.